The first-order valence-corrected chi connectivity index (χ1v) is 10.5. The molecular weight excluding hydrogens is 438 g/mol. The predicted molar refractivity (Wildman–Crippen MR) is 115 cm³/mol. The summed E-state index contributed by atoms with van der Waals surface area (Å²) in [5.74, 6) is -0.814. The van der Waals surface area contributed by atoms with Crippen molar-refractivity contribution < 1.29 is 23.1 Å². The summed E-state index contributed by atoms with van der Waals surface area (Å²) in [5.41, 5.74) is 1.26. The molecule has 7 nitrogen and oxygen atoms in total. The number of fused-ring (bicyclic) bond motifs is 2. The number of likely N-dealkylation sites (N-methyl/N-ethyl adjacent to an activating group) is 1. The Labute approximate surface area is 184 Å². The van der Waals surface area contributed by atoms with E-state index in [-0.39, 0.29) is 28.9 Å². The molecule has 0 saturated carbocycles. The topological polar surface area (TPSA) is 75.9 Å². The number of imidazole rings is 1. The van der Waals surface area contributed by atoms with Crippen LogP contribution in [-0.4, -0.2) is 40.9 Å². The Bertz CT molecular complexity index is 1350. The van der Waals surface area contributed by atoms with Crippen LogP contribution in [0.15, 0.2) is 54.7 Å². The number of amides is 2. The maximum absolute atomic E-state index is 14.5. The summed E-state index contributed by atoms with van der Waals surface area (Å²) in [4.78, 5) is 31.6. The van der Waals surface area contributed by atoms with Gasteiger partial charge in [0, 0.05) is 18.8 Å². The van der Waals surface area contributed by atoms with Crippen LogP contribution in [0.1, 0.15) is 10.5 Å². The van der Waals surface area contributed by atoms with E-state index in [4.69, 9.17) is 4.74 Å². The highest BCUT2D eigenvalue weighted by Gasteiger charge is 2.31. The Hall–Kier alpha value is -3.79. The molecule has 1 N–H and O–H groups in total. The standard InChI is InChI=1S/C22H16F2N4O3S/c1-27-16-4-2-3-5-17(16)31-11-15(21(27)30)25-20(29)14-10-28-18(19(24)32-22(28)26-14)12-6-8-13(23)9-7-12/h2-10,15H,11H2,1H3,(H,25,29)/t15-/m0/s1. The van der Waals surface area contributed by atoms with Gasteiger partial charge < -0.3 is 15.0 Å². The van der Waals surface area contributed by atoms with E-state index in [0.717, 1.165) is 11.3 Å². The van der Waals surface area contributed by atoms with Crippen LogP contribution in [-0.2, 0) is 4.79 Å². The normalized spacial score (nSPS) is 15.9. The second-order valence-electron chi connectivity index (χ2n) is 7.21. The summed E-state index contributed by atoms with van der Waals surface area (Å²) in [6, 6.07) is 11.5. The SMILES string of the molecule is CN1C(=O)[C@@H](NC(=O)c2cn3c(-c4ccc(F)cc4)c(F)sc3n2)COc2ccccc21. The van der Waals surface area contributed by atoms with Gasteiger partial charge in [0.05, 0.1) is 5.69 Å². The second kappa shape index (κ2) is 7.72. The van der Waals surface area contributed by atoms with Gasteiger partial charge in [0.2, 0.25) is 5.13 Å². The molecule has 1 atom stereocenters. The molecule has 2 aromatic heterocycles. The van der Waals surface area contributed by atoms with Crippen LogP contribution in [0.3, 0.4) is 0 Å². The quantitative estimate of drug-likeness (QED) is 0.514. The lowest BCUT2D eigenvalue weighted by Crippen LogP contribution is -2.49. The molecule has 162 valence electrons. The maximum atomic E-state index is 14.5. The van der Waals surface area contributed by atoms with Crippen molar-refractivity contribution in [2.75, 3.05) is 18.6 Å². The lowest BCUT2D eigenvalue weighted by Gasteiger charge is -2.20. The Kier molecular flexibility index (Phi) is 4.86. The maximum Gasteiger partial charge on any atom is 0.272 e. The number of para-hydroxylation sites is 2. The van der Waals surface area contributed by atoms with Gasteiger partial charge in [0.15, 0.2) is 4.96 Å². The minimum atomic E-state index is -0.923. The number of rotatable bonds is 3. The van der Waals surface area contributed by atoms with Gasteiger partial charge in [0.1, 0.15) is 35.6 Å². The molecule has 5 rings (SSSR count). The van der Waals surface area contributed by atoms with Gasteiger partial charge >= 0.3 is 0 Å². The number of ether oxygens (including phenoxy) is 1. The van der Waals surface area contributed by atoms with Crippen LogP contribution in [0.25, 0.3) is 16.2 Å². The molecule has 2 amide bonds. The van der Waals surface area contributed by atoms with Gasteiger partial charge in [-0.15, -0.1) is 0 Å². The Morgan fingerprint density at radius 1 is 1.19 bits per heavy atom. The second-order valence-corrected chi connectivity index (χ2v) is 8.14. The molecule has 0 bridgehead atoms. The van der Waals surface area contributed by atoms with Crippen molar-refractivity contribution in [2.24, 2.45) is 0 Å². The smallest absolute Gasteiger partial charge is 0.272 e. The fourth-order valence-corrected chi connectivity index (χ4v) is 4.44. The zero-order valence-corrected chi connectivity index (χ0v) is 17.5. The monoisotopic (exact) mass is 454 g/mol. The summed E-state index contributed by atoms with van der Waals surface area (Å²) in [6.45, 7) is -0.0381. The first kappa shape index (κ1) is 20.1. The van der Waals surface area contributed by atoms with Crippen LogP contribution < -0.4 is 15.0 Å². The van der Waals surface area contributed by atoms with E-state index in [0.29, 0.717) is 17.0 Å². The molecule has 10 heteroatoms. The summed E-state index contributed by atoms with van der Waals surface area (Å²) >= 11 is 0.770. The highest BCUT2D eigenvalue weighted by molar-refractivity contribution is 7.15. The number of aromatic nitrogens is 2. The molecule has 0 radical (unpaired) electrons. The summed E-state index contributed by atoms with van der Waals surface area (Å²) in [7, 11) is 1.61. The third-order valence-electron chi connectivity index (χ3n) is 5.20. The van der Waals surface area contributed by atoms with E-state index in [2.05, 4.69) is 10.3 Å². The predicted octanol–water partition coefficient (Wildman–Crippen LogP) is 3.49. The van der Waals surface area contributed by atoms with Crippen molar-refractivity contribution in [1.29, 1.82) is 0 Å². The molecule has 1 aliphatic heterocycles. The van der Waals surface area contributed by atoms with E-state index in [1.807, 2.05) is 0 Å². The van der Waals surface area contributed by atoms with E-state index in [1.54, 1.807) is 31.3 Å². The molecule has 1 aliphatic rings. The van der Waals surface area contributed by atoms with Gasteiger partial charge in [-0.2, -0.15) is 4.39 Å². The number of benzene rings is 2. The Morgan fingerprint density at radius 3 is 2.72 bits per heavy atom. The van der Waals surface area contributed by atoms with Gasteiger partial charge in [0.25, 0.3) is 11.8 Å². The molecule has 0 saturated heterocycles. The lowest BCUT2D eigenvalue weighted by atomic mass is 10.2. The van der Waals surface area contributed by atoms with Crippen molar-refractivity contribution in [3.63, 3.8) is 0 Å². The van der Waals surface area contributed by atoms with Crippen LogP contribution in [0.2, 0.25) is 0 Å². The molecule has 0 aliphatic carbocycles. The molecule has 32 heavy (non-hydrogen) atoms. The lowest BCUT2D eigenvalue weighted by molar-refractivity contribution is -0.120. The number of halogens is 2. The highest BCUT2D eigenvalue weighted by Crippen LogP contribution is 2.32. The number of nitrogens with one attached hydrogen (secondary N) is 1. The van der Waals surface area contributed by atoms with Crippen molar-refractivity contribution >= 4 is 33.8 Å². The van der Waals surface area contributed by atoms with E-state index in [1.165, 1.54) is 39.8 Å². The van der Waals surface area contributed by atoms with Gasteiger partial charge in [-0.25, -0.2) is 9.37 Å². The summed E-state index contributed by atoms with van der Waals surface area (Å²) in [5, 5.41) is 2.15. The van der Waals surface area contributed by atoms with E-state index in [9.17, 15) is 18.4 Å². The molecule has 0 fully saturated rings. The van der Waals surface area contributed by atoms with Crippen LogP contribution >= 0.6 is 11.3 Å². The Balaban J connectivity index is 1.41. The zero-order chi connectivity index (χ0) is 22.4. The van der Waals surface area contributed by atoms with E-state index < -0.39 is 22.9 Å². The Morgan fingerprint density at radius 2 is 1.94 bits per heavy atom. The minimum absolute atomic E-state index is 0.0248. The van der Waals surface area contributed by atoms with Crippen LogP contribution in [0.4, 0.5) is 14.5 Å². The largest absolute Gasteiger partial charge is 0.489 e. The minimum Gasteiger partial charge on any atom is -0.489 e. The molecule has 0 spiro atoms. The number of hydrogen-bond donors (Lipinski definition) is 1. The number of carbonyl (C=O) groups excluding carboxylic acids is 2. The van der Waals surface area contributed by atoms with Crippen LogP contribution in [0, 0.1) is 10.9 Å². The first-order valence-electron chi connectivity index (χ1n) is 9.66. The highest BCUT2D eigenvalue weighted by atomic mass is 32.1. The summed E-state index contributed by atoms with van der Waals surface area (Å²) < 4.78 is 34.9. The fourth-order valence-electron chi connectivity index (χ4n) is 3.58. The molecule has 4 aromatic rings. The van der Waals surface area contributed by atoms with Crippen molar-refractivity contribution in [3.05, 3.63) is 71.4 Å². The van der Waals surface area contributed by atoms with E-state index >= 15 is 0 Å². The van der Waals surface area contributed by atoms with Gasteiger partial charge in [-0.3, -0.25) is 14.0 Å². The van der Waals surface area contributed by atoms with Crippen LogP contribution in [0.5, 0.6) is 5.75 Å². The molecule has 2 aromatic carbocycles. The molecular formula is C22H16F2N4O3S. The molecule has 0 unspecified atom stereocenters. The number of anilines is 1. The van der Waals surface area contributed by atoms with Crippen molar-refractivity contribution in [2.45, 2.75) is 6.04 Å². The van der Waals surface area contributed by atoms with Gasteiger partial charge in [-0.1, -0.05) is 23.5 Å². The average molecular weight is 454 g/mol. The third kappa shape index (κ3) is 3.38. The van der Waals surface area contributed by atoms with Crippen molar-refractivity contribution in [3.8, 4) is 17.0 Å². The number of nitrogens with zero attached hydrogens (tertiary/aromatic N) is 3. The average Bonchev–Trinajstić information content (AvgIpc) is 3.30. The molecule has 3 heterocycles. The number of hydrogen-bond acceptors (Lipinski definition) is 5. The first-order chi connectivity index (χ1) is 15.4. The zero-order valence-electron chi connectivity index (χ0n) is 16.7. The third-order valence-corrected chi connectivity index (χ3v) is 6.04. The number of carbonyl (C=O) groups is 2. The fraction of sp³-hybridized carbons (Fsp3) is 0.136. The van der Waals surface area contributed by atoms with Gasteiger partial charge in [-0.05, 0) is 36.4 Å². The number of thiazole rings is 1. The summed E-state index contributed by atoms with van der Waals surface area (Å²) in [6.07, 6.45) is 1.39. The van der Waals surface area contributed by atoms with Crippen molar-refractivity contribution in [1.82, 2.24) is 14.7 Å².